The lowest BCUT2D eigenvalue weighted by Crippen LogP contribution is -2.01. The first-order valence-corrected chi connectivity index (χ1v) is 6.78. The second-order valence-corrected chi connectivity index (χ2v) is 5.23. The lowest BCUT2D eigenvalue weighted by Gasteiger charge is -2.10. The SMILES string of the molecule is COc1cc(NCc2ccc(Cl)cc2Br)ccc1F. The van der Waals surface area contributed by atoms with Gasteiger partial charge in [0.2, 0.25) is 0 Å². The summed E-state index contributed by atoms with van der Waals surface area (Å²) in [6.07, 6.45) is 0. The summed E-state index contributed by atoms with van der Waals surface area (Å²) >= 11 is 9.33. The van der Waals surface area contributed by atoms with Gasteiger partial charge in [-0.05, 0) is 29.8 Å². The largest absolute Gasteiger partial charge is 0.494 e. The van der Waals surface area contributed by atoms with Gasteiger partial charge in [-0.25, -0.2) is 4.39 Å². The summed E-state index contributed by atoms with van der Waals surface area (Å²) in [5, 5.41) is 3.88. The van der Waals surface area contributed by atoms with Crippen LogP contribution in [0.4, 0.5) is 10.1 Å². The van der Waals surface area contributed by atoms with E-state index in [1.807, 2.05) is 18.2 Å². The van der Waals surface area contributed by atoms with Crippen LogP contribution in [0.3, 0.4) is 0 Å². The Morgan fingerprint density at radius 1 is 1.26 bits per heavy atom. The zero-order chi connectivity index (χ0) is 13.8. The summed E-state index contributed by atoms with van der Waals surface area (Å²) < 4.78 is 19.1. The Bertz CT molecular complexity index is 592. The van der Waals surface area contributed by atoms with Crippen LogP contribution in [0, 0.1) is 5.82 Å². The third-order valence-corrected chi connectivity index (χ3v) is 3.62. The lowest BCUT2D eigenvalue weighted by atomic mass is 10.2. The molecule has 2 rings (SSSR count). The van der Waals surface area contributed by atoms with Crippen LogP contribution in [-0.2, 0) is 6.54 Å². The van der Waals surface area contributed by atoms with E-state index in [0.717, 1.165) is 15.7 Å². The zero-order valence-electron chi connectivity index (χ0n) is 10.2. The topological polar surface area (TPSA) is 21.3 Å². The molecule has 2 aromatic rings. The Balaban J connectivity index is 2.10. The molecule has 0 amide bonds. The van der Waals surface area contributed by atoms with Crippen molar-refractivity contribution in [1.29, 1.82) is 0 Å². The highest BCUT2D eigenvalue weighted by Crippen LogP contribution is 2.24. The maximum atomic E-state index is 13.3. The van der Waals surface area contributed by atoms with Crippen LogP contribution in [0.15, 0.2) is 40.9 Å². The quantitative estimate of drug-likeness (QED) is 0.855. The van der Waals surface area contributed by atoms with Crippen molar-refractivity contribution in [1.82, 2.24) is 0 Å². The van der Waals surface area contributed by atoms with Gasteiger partial charge in [-0.15, -0.1) is 0 Å². The van der Waals surface area contributed by atoms with Crippen LogP contribution < -0.4 is 10.1 Å². The first-order valence-electron chi connectivity index (χ1n) is 5.61. The lowest BCUT2D eigenvalue weighted by molar-refractivity contribution is 0.387. The number of hydrogen-bond acceptors (Lipinski definition) is 2. The molecule has 0 atom stereocenters. The Morgan fingerprint density at radius 2 is 2.05 bits per heavy atom. The number of nitrogens with one attached hydrogen (secondary N) is 1. The molecular formula is C14H12BrClFNO. The monoisotopic (exact) mass is 343 g/mol. The number of benzene rings is 2. The molecule has 0 fully saturated rings. The predicted molar refractivity (Wildman–Crippen MR) is 79.4 cm³/mol. The Morgan fingerprint density at radius 3 is 2.74 bits per heavy atom. The molecule has 0 aliphatic carbocycles. The molecular weight excluding hydrogens is 333 g/mol. The van der Waals surface area contributed by atoms with Gasteiger partial charge >= 0.3 is 0 Å². The molecule has 0 aromatic heterocycles. The van der Waals surface area contributed by atoms with Gasteiger partial charge in [0, 0.05) is 27.8 Å². The van der Waals surface area contributed by atoms with Crippen LogP contribution in [0.2, 0.25) is 5.02 Å². The molecule has 0 aliphatic heterocycles. The maximum absolute atomic E-state index is 13.3. The number of hydrogen-bond donors (Lipinski definition) is 1. The van der Waals surface area contributed by atoms with E-state index >= 15 is 0 Å². The van der Waals surface area contributed by atoms with Crippen LogP contribution in [0.25, 0.3) is 0 Å². The summed E-state index contributed by atoms with van der Waals surface area (Å²) in [4.78, 5) is 0. The fourth-order valence-electron chi connectivity index (χ4n) is 1.63. The average molecular weight is 345 g/mol. The van der Waals surface area contributed by atoms with E-state index in [9.17, 15) is 4.39 Å². The molecule has 0 saturated heterocycles. The molecule has 2 nitrogen and oxygen atoms in total. The molecule has 0 heterocycles. The minimum atomic E-state index is -0.374. The van der Waals surface area contributed by atoms with Crippen molar-refractivity contribution in [3.8, 4) is 5.75 Å². The van der Waals surface area contributed by atoms with Crippen molar-refractivity contribution >= 4 is 33.2 Å². The van der Waals surface area contributed by atoms with Crippen LogP contribution in [-0.4, -0.2) is 7.11 Å². The van der Waals surface area contributed by atoms with Crippen molar-refractivity contribution in [3.05, 3.63) is 57.3 Å². The van der Waals surface area contributed by atoms with E-state index in [2.05, 4.69) is 21.2 Å². The fourth-order valence-corrected chi connectivity index (χ4v) is 2.45. The van der Waals surface area contributed by atoms with E-state index in [1.165, 1.54) is 13.2 Å². The van der Waals surface area contributed by atoms with Gasteiger partial charge in [0.15, 0.2) is 11.6 Å². The second-order valence-electron chi connectivity index (χ2n) is 3.94. The van der Waals surface area contributed by atoms with E-state index in [1.54, 1.807) is 12.1 Å². The van der Waals surface area contributed by atoms with Crippen molar-refractivity contribution in [2.45, 2.75) is 6.54 Å². The molecule has 2 aromatic carbocycles. The minimum absolute atomic E-state index is 0.222. The fraction of sp³-hybridized carbons (Fsp3) is 0.143. The molecule has 0 spiro atoms. The predicted octanol–water partition coefficient (Wildman–Crippen LogP) is 4.86. The first-order chi connectivity index (χ1) is 9.10. The molecule has 0 bridgehead atoms. The molecule has 0 aliphatic rings. The molecule has 5 heteroatoms. The highest BCUT2D eigenvalue weighted by Gasteiger charge is 2.04. The summed E-state index contributed by atoms with van der Waals surface area (Å²) in [7, 11) is 1.44. The summed E-state index contributed by atoms with van der Waals surface area (Å²) in [6.45, 7) is 0.604. The third kappa shape index (κ3) is 3.61. The molecule has 0 unspecified atom stereocenters. The van der Waals surface area contributed by atoms with Crippen LogP contribution in [0.1, 0.15) is 5.56 Å². The van der Waals surface area contributed by atoms with Crippen molar-refractivity contribution in [2.24, 2.45) is 0 Å². The highest BCUT2D eigenvalue weighted by molar-refractivity contribution is 9.10. The van der Waals surface area contributed by atoms with Crippen molar-refractivity contribution in [3.63, 3.8) is 0 Å². The van der Waals surface area contributed by atoms with Crippen LogP contribution >= 0.6 is 27.5 Å². The zero-order valence-corrected chi connectivity index (χ0v) is 12.6. The summed E-state index contributed by atoms with van der Waals surface area (Å²) in [5.41, 5.74) is 1.85. The van der Waals surface area contributed by atoms with E-state index in [0.29, 0.717) is 11.6 Å². The summed E-state index contributed by atoms with van der Waals surface area (Å²) in [6, 6.07) is 10.3. The molecule has 0 radical (unpaired) electrons. The van der Waals surface area contributed by atoms with Gasteiger partial charge < -0.3 is 10.1 Å². The molecule has 19 heavy (non-hydrogen) atoms. The number of methoxy groups -OCH3 is 1. The van der Waals surface area contributed by atoms with E-state index in [4.69, 9.17) is 16.3 Å². The van der Waals surface area contributed by atoms with Crippen molar-refractivity contribution < 1.29 is 9.13 Å². The van der Waals surface area contributed by atoms with Gasteiger partial charge in [0.05, 0.1) is 7.11 Å². The van der Waals surface area contributed by atoms with Crippen LogP contribution in [0.5, 0.6) is 5.75 Å². The molecule has 1 N–H and O–H groups in total. The molecule has 0 saturated carbocycles. The summed E-state index contributed by atoms with van der Waals surface area (Å²) in [5.74, 6) is -0.152. The van der Waals surface area contributed by atoms with Gasteiger partial charge in [-0.2, -0.15) is 0 Å². The van der Waals surface area contributed by atoms with E-state index in [-0.39, 0.29) is 11.6 Å². The Hall–Kier alpha value is -1.26. The standard InChI is InChI=1S/C14H12BrClFNO/c1-19-14-7-11(4-5-13(14)17)18-8-9-2-3-10(16)6-12(9)15/h2-7,18H,8H2,1H3. The van der Waals surface area contributed by atoms with E-state index < -0.39 is 0 Å². The third-order valence-electron chi connectivity index (χ3n) is 2.65. The second kappa shape index (κ2) is 6.26. The number of rotatable bonds is 4. The van der Waals surface area contributed by atoms with Crippen molar-refractivity contribution in [2.75, 3.05) is 12.4 Å². The number of ether oxygens (including phenoxy) is 1. The Labute approximate surface area is 124 Å². The number of halogens is 3. The smallest absolute Gasteiger partial charge is 0.165 e. The first kappa shape index (κ1) is 14.2. The average Bonchev–Trinajstić information content (AvgIpc) is 2.39. The van der Waals surface area contributed by atoms with Gasteiger partial charge in [0.25, 0.3) is 0 Å². The minimum Gasteiger partial charge on any atom is -0.494 e. The molecule has 100 valence electrons. The normalized spacial score (nSPS) is 10.3. The van der Waals surface area contributed by atoms with Gasteiger partial charge in [-0.1, -0.05) is 33.6 Å². The number of anilines is 1. The van der Waals surface area contributed by atoms with Gasteiger partial charge in [-0.3, -0.25) is 0 Å². The maximum Gasteiger partial charge on any atom is 0.165 e. The van der Waals surface area contributed by atoms with Gasteiger partial charge in [0.1, 0.15) is 0 Å². The highest BCUT2D eigenvalue weighted by atomic mass is 79.9. The Kier molecular flexibility index (Phi) is 4.66.